The van der Waals surface area contributed by atoms with Crippen LogP contribution in [0.5, 0.6) is 0 Å². The summed E-state index contributed by atoms with van der Waals surface area (Å²) in [5.74, 6) is -0.720. The second kappa shape index (κ2) is 7.39. The fraction of sp³-hybridized carbons (Fsp3) is 0.556. The molecule has 1 aromatic carbocycles. The second-order valence-electron chi connectivity index (χ2n) is 7.18. The Morgan fingerprint density at radius 3 is 2.39 bits per heavy atom. The van der Waals surface area contributed by atoms with Gasteiger partial charge in [-0.25, -0.2) is 0 Å². The molecule has 0 spiro atoms. The zero-order chi connectivity index (χ0) is 17.0. The van der Waals surface area contributed by atoms with E-state index < -0.39 is 5.97 Å². The van der Waals surface area contributed by atoms with Gasteiger partial charge in [0.05, 0.1) is 11.7 Å². The minimum atomic E-state index is -0.755. The van der Waals surface area contributed by atoms with Crippen LogP contribution in [-0.4, -0.2) is 28.8 Å². The Morgan fingerprint density at radius 2 is 1.87 bits per heavy atom. The summed E-state index contributed by atoms with van der Waals surface area (Å²) in [5, 5.41) is 11.9. The monoisotopic (exact) mass is 335 g/mol. The lowest BCUT2D eigenvalue weighted by Gasteiger charge is -2.19. The first-order valence-corrected chi connectivity index (χ1v) is 9.00. The van der Waals surface area contributed by atoms with Crippen molar-refractivity contribution in [2.24, 2.45) is 5.92 Å². The van der Waals surface area contributed by atoms with E-state index in [1.165, 1.54) is 17.3 Å². The number of rotatable bonds is 5. The van der Waals surface area contributed by atoms with E-state index in [0.717, 1.165) is 11.3 Å². The summed E-state index contributed by atoms with van der Waals surface area (Å²) < 4.78 is 0. The molecule has 1 amide bonds. The molecule has 0 heterocycles. The van der Waals surface area contributed by atoms with Crippen LogP contribution in [0.2, 0.25) is 0 Å². The fourth-order valence-corrected chi connectivity index (χ4v) is 3.52. The number of carbonyl (C=O) groups is 2. The lowest BCUT2D eigenvalue weighted by Crippen LogP contribution is -2.34. The number of hydrogen-bond donors (Lipinski definition) is 2. The number of carbonyl (C=O) groups excluding carboxylic acids is 1. The topological polar surface area (TPSA) is 66.4 Å². The molecule has 0 aliphatic heterocycles. The summed E-state index contributed by atoms with van der Waals surface area (Å²) in [6.45, 7) is 6.53. The summed E-state index contributed by atoms with van der Waals surface area (Å²) in [4.78, 5) is 24.0. The number of thioether (sulfide) groups is 1. The first-order chi connectivity index (χ1) is 10.8. The third kappa shape index (κ3) is 5.27. The lowest BCUT2D eigenvalue weighted by atomic mass is 9.87. The molecule has 23 heavy (non-hydrogen) atoms. The number of carboxylic acids is 1. The van der Waals surface area contributed by atoms with Crippen molar-refractivity contribution < 1.29 is 14.7 Å². The molecular formula is C18H25NO3S. The summed E-state index contributed by atoms with van der Waals surface area (Å²) >= 11 is 1.51. The van der Waals surface area contributed by atoms with Crippen LogP contribution in [0.1, 0.15) is 45.6 Å². The van der Waals surface area contributed by atoms with E-state index in [2.05, 4.69) is 50.4 Å². The number of nitrogens with one attached hydrogen (secondary N) is 1. The predicted octanol–water partition coefficient (Wildman–Crippen LogP) is 3.45. The molecule has 4 nitrogen and oxygen atoms in total. The molecule has 2 N–H and O–H groups in total. The molecular weight excluding hydrogens is 310 g/mol. The smallest absolute Gasteiger partial charge is 0.306 e. The Balaban J connectivity index is 1.77. The van der Waals surface area contributed by atoms with Crippen LogP contribution < -0.4 is 5.32 Å². The third-order valence-electron chi connectivity index (χ3n) is 4.24. The quantitative estimate of drug-likeness (QED) is 0.809. The first-order valence-electron chi connectivity index (χ1n) is 8.01. The van der Waals surface area contributed by atoms with Crippen molar-refractivity contribution in [1.29, 1.82) is 0 Å². The van der Waals surface area contributed by atoms with Gasteiger partial charge in [0.1, 0.15) is 0 Å². The van der Waals surface area contributed by atoms with Gasteiger partial charge in [0.15, 0.2) is 0 Å². The normalized spacial score (nSPS) is 21.2. The van der Waals surface area contributed by atoms with Crippen molar-refractivity contribution in [3.05, 3.63) is 29.8 Å². The zero-order valence-electron chi connectivity index (χ0n) is 14.0. The number of amides is 1. The highest BCUT2D eigenvalue weighted by Gasteiger charge is 2.30. The van der Waals surface area contributed by atoms with Crippen molar-refractivity contribution >= 4 is 23.6 Å². The summed E-state index contributed by atoms with van der Waals surface area (Å²) in [6, 6.07) is 8.32. The van der Waals surface area contributed by atoms with E-state index in [4.69, 9.17) is 5.11 Å². The first kappa shape index (κ1) is 17.9. The summed E-state index contributed by atoms with van der Waals surface area (Å²) in [7, 11) is 0. The zero-order valence-corrected chi connectivity index (χ0v) is 14.8. The Labute approximate surface area is 142 Å². The summed E-state index contributed by atoms with van der Waals surface area (Å²) in [6.07, 6.45) is 1.96. The molecule has 1 aromatic rings. The predicted molar refractivity (Wildman–Crippen MR) is 92.8 cm³/mol. The second-order valence-corrected chi connectivity index (χ2v) is 8.22. The minimum absolute atomic E-state index is 0.00691. The van der Waals surface area contributed by atoms with Crippen molar-refractivity contribution in [2.75, 3.05) is 5.75 Å². The van der Waals surface area contributed by atoms with Crippen LogP contribution in [0.15, 0.2) is 29.2 Å². The van der Waals surface area contributed by atoms with E-state index in [1.54, 1.807) is 0 Å². The van der Waals surface area contributed by atoms with Gasteiger partial charge in [0.2, 0.25) is 5.91 Å². The van der Waals surface area contributed by atoms with E-state index in [9.17, 15) is 9.59 Å². The van der Waals surface area contributed by atoms with Crippen molar-refractivity contribution in [3.8, 4) is 0 Å². The van der Waals surface area contributed by atoms with Gasteiger partial charge >= 0.3 is 5.97 Å². The van der Waals surface area contributed by atoms with Crippen molar-refractivity contribution in [2.45, 2.75) is 56.4 Å². The van der Waals surface area contributed by atoms with Gasteiger partial charge in [-0.2, -0.15) is 0 Å². The fourth-order valence-electron chi connectivity index (χ4n) is 2.81. The van der Waals surface area contributed by atoms with E-state index in [-0.39, 0.29) is 23.3 Å². The highest BCUT2D eigenvalue weighted by atomic mass is 32.2. The summed E-state index contributed by atoms with van der Waals surface area (Å²) in [5.41, 5.74) is 1.40. The highest BCUT2D eigenvalue weighted by molar-refractivity contribution is 8.00. The Morgan fingerprint density at radius 1 is 1.22 bits per heavy atom. The largest absolute Gasteiger partial charge is 0.481 e. The van der Waals surface area contributed by atoms with E-state index in [0.29, 0.717) is 18.6 Å². The molecule has 1 saturated carbocycles. The van der Waals surface area contributed by atoms with Gasteiger partial charge < -0.3 is 10.4 Å². The minimum Gasteiger partial charge on any atom is -0.481 e. The Bertz CT molecular complexity index is 563. The SMILES string of the molecule is CC(C)(C)c1ccc(SCC(=O)N[C@@H]2CC[C@H](C(=O)O)C2)cc1. The number of aliphatic carboxylic acids is 1. The standard InChI is InChI=1S/C18H25NO3S/c1-18(2,3)13-5-8-15(9-6-13)23-11-16(20)19-14-7-4-12(10-14)17(21)22/h5-6,8-9,12,14H,4,7,10-11H2,1-3H3,(H,19,20)(H,21,22)/t12-,14+/m0/s1. The van der Waals surface area contributed by atoms with E-state index in [1.807, 2.05) is 0 Å². The lowest BCUT2D eigenvalue weighted by molar-refractivity contribution is -0.141. The van der Waals surface area contributed by atoms with Crippen LogP contribution in [-0.2, 0) is 15.0 Å². The van der Waals surface area contributed by atoms with Gasteiger partial charge in [-0.15, -0.1) is 11.8 Å². The highest BCUT2D eigenvalue weighted by Crippen LogP contribution is 2.27. The number of hydrogen-bond acceptors (Lipinski definition) is 3. The van der Waals surface area contributed by atoms with Crippen LogP contribution in [0.4, 0.5) is 0 Å². The van der Waals surface area contributed by atoms with Crippen LogP contribution >= 0.6 is 11.8 Å². The van der Waals surface area contributed by atoms with Gasteiger partial charge in [-0.1, -0.05) is 32.9 Å². The van der Waals surface area contributed by atoms with Crippen molar-refractivity contribution in [1.82, 2.24) is 5.32 Å². The van der Waals surface area contributed by atoms with Crippen LogP contribution in [0, 0.1) is 5.92 Å². The molecule has 1 aliphatic rings. The maximum absolute atomic E-state index is 12.0. The Kier molecular flexibility index (Phi) is 5.74. The van der Waals surface area contributed by atoms with Crippen molar-refractivity contribution in [3.63, 3.8) is 0 Å². The molecule has 0 aromatic heterocycles. The molecule has 2 rings (SSSR count). The average molecular weight is 335 g/mol. The maximum Gasteiger partial charge on any atom is 0.306 e. The molecule has 2 atom stereocenters. The molecule has 1 fully saturated rings. The molecule has 0 bridgehead atoms. The van der Waals surface area contributed by atoms with Crippen LogP contribution in [0.25, 0.3) is 0 Å². The molecule has 0 unspecified atom stereocenters. The van der Waals surface area contributed by atoms with E-state index >= 15 is 0 Å². The molecule has 1 aliphatic carbocycles. The molecule has 0 saturated heterocycles. The number of carboxylic acid groups (broad SMARTS) is 1. The molecule has 5 heteroatoms. The van der Waals surface area contributed by atoms with Crippen LogP contribution in [0.3, 0.4) is 0 Å². The van der Waals surface area contributed by atoms with Gasteiger partial charge in [-0.3, -0.25) is 9.59 Å². The Hall–Kier alpha value is -1.49. The average Bonchev–Trinajstić information content (AvgIpc) is 2.93. The van der Waals surface area contributed by atoms with Gasteiger partial charge in [-0.05, 0) is 42.4 Å². The van der Waals surface area contributed by atoms with Gasteiger partial charge in [0.25, 0.3) is 0 Å². The molecule has 126 valence electrons. The maximum atomic E-state index is 12.0. The molecule has 0 radical (unpaired) electrons. The van der Waals surface area contributed by atoms with Gasteiger partial charge in [0, 0.05) is 10.9 Å². The number of benzene rings is 1. The third-order valence-corrected chi connectivity index (χ3v) is 5.25.